The molecule has 1 fully saturated rings. The first kappa shape index (κ1) is 26.7. The van der Waals surface area contributed by atoms with E-state index in [1.807, 2.05) is 30.3 Å². The van der Waals surface area contributed by atoms with E-state index in [0.29, 0.717) is 24.2 Å². The van der Waals surface area contributed by atoms with E-state index in [-0.39, 0.29) is 17.3 Å². The van der Waals surface area contributed by atoms with Crippen molar-refractivity contribution < 1.29 is 27.4 Å². The third-order valence-electron chi connectivity index (χ3n) is 6.62. The van der Waals surface area contributed by atoms with Crippen LogP contribution in [0.5, 0.6) is 5.88 Å². The number of halogens is 1. The highest BCUT2D eigenvalue weighted by Crippen LogP contribution is 2.36. The minimum absolute atomic E-state index is 0.0712. The quantitative estimate of drug-likeness (QED) is 0.326. The van der Waals surface area contributed by atoms with Gasteiger partial charge in [0, 0.05) is 25.5 Å². The van der Waals surface area contributed by atoms with Gasteiger partial charge in [0.2, 0.25) is 21.7 Å². The maximum Gasteiger partial charge on any atom is 0.296 e. The second kappa shape index (κ2) is 11.0. The van der Waals surface area contributed by atoms with Gasteiger partial charge in [-0.3, -0.25) is 9.36 Å². The van der Waals surface area contributed by atoms with Crippen molar-refractivity contribution in [3.05, 3.63) is 101 Å². The molecule has 11 heteroatoms. The van der Waals surface area contributed by atoms with E-state index in [9.17, 15) is 22.7 Å². The van der Waals surface area contributed by atoms with Crippen LogP contribution in [-0.4, -0.2) is 48.4 Å². The number of aromatic hydroxyl groups is 1. The standard InChI is InChI=1S/C28H26FN3O6S/c1-37-17-22(19-6-3-2-4-7-19)32-26(23-8-5-15-38-23)31-27(33)25(28(32)34)39(35,36)21-12-9-18(10-13-21)20-11-14-24(29)30-16-20/h2-4,6-7,9-14,16,22-23,34H,5,8,15,17H2,1H3/t22-,23?/m0/s1. The minimum Gasteiger partial charge on any atom is -0.493 e. The molecule has 2 aromatic carbocycles. The third kappa shape index (κ3) is 5.20. The summed E-state index contributed by atoms with van der Waals surface area (Å²) in [5.41, 5.74) is 0.822. The number of benzene rings is 2. The molecule has 5 rings (SSSR count). The second-order valence-corrected chi connectivity index (χ2v) is 11.0. The molecule has 4 aromatic rings. The first-order valence-electron chi connectivity index (χ1n) is 12.3. The summed E-state index contributed by atoms with van der Waals surface area (Å²) in [5, 5.41) is 11.5. The zero-order valence-corrected chi connectivity index (χ0v) is 21.8. The number of methoxy groups -OCH3 is 1. The Morgan fingerprint density at radius 1 is 1.10 bits per heavy atom. The minimum atomic E-state index is -4.50. The van der Waals surface area contributed by atoms with Gasteiger partial charge in [-0.15, -0.1) is 0 Å². The Labute approximate surface area is 224 Å². The van der Waals surface area contributed by atoms with Gasteiger partial charge in [-0.05, 0) is 48.2 Å². The monoisotopic (exact) mass is 551 g/mol. The van der Waals surface area contributed by atoms with Gasteiger partial charge in [-0.1, -0.05) is 42.5 Å². The molecule has 202 valence electrons. The SMILES string of the molecule is COC[C@@H](c1ccccc1)n1c(C2CCCO2)nc(=O)c(S(=O)(=O)c2ccc(-c3ccc(F)nc3)cc2)c1O. The zero-order chi connectivity index (χ0) is 27.6. The molecule has 0 bridgehead atoms. The van der Waals surface area contributed by atoms with Gasteiger partial charge in [-0.2, -0.15) is 9.37 Å². The van der Waals surface area contributed by atoms with Crippen LogP contribution >= 0.6 is 0 Å². The Morgan fingerprint density at radius 3 is 2.44 bits per heavy atom. The van der Waals surface area contributed by atoms with E-state index in [0.717, 1.165) is 12.0 Å². The number of pyridine rings is 1. The van der Waals surface area contributed by atoms with Crippen molar-refractivity contribution in [1.29, 1.82) is 0 Å². The summed E-state index contributed by atoms with van der Waals surface area (Å²) in [4.78, 5) is 20.0. The molecule has 1 unspecified atom stereocenters. The van der Waals surface area contributed by atoms with Crippen molar-refractivity contribution in [2.24, 2.45) is 0 Å². The van der Waals surface area contributed by atoms with Crippen molar-refractivity contribution >= 4 is 9.84 Å². The van der Waals surface area contributed by atoms with Crippen molar-refractivity contribution in [2.75, 3.05) is 20.3 Å². The lowest BCUT2D eigenvalue weighted by atomic mass is 10.1. The molecule has 2 atom stereocenters. The Hall–Kier alpha value is -3.93. The lowest BCUT2D eigenvalue weighted by Gasteiger charge is -2.27. The first-order valence-corrected chi connectivity index (χ1v) is 13.8. The van der Waals surface area contributed by atoms with E-state index >= 15 is 0 Å². The van der Waals surface area contributed by atoms with Crippen LogP contribution in [0.1, 0.15) is 36.4 Å². The maximum atomic E-state index is 13.7. The number of nitrogens with zero attached hydrogens (tertiary/aromatic N) is 3. The smallest absolute Gasteiger partial charge is 0.296 e. The van der Waals surface area contributed by atoms with Gasteiger partial charge >= 0.3 is 0 Å². The summed E-state index contributed by atoms with van der Waals surface area (Å²) in [6.45, 7) is 0.527. The Balaban J connectivity index is 1.65. The third-order valence-corrected chi connectivity index (χ3v) is 8.41. The number of hydrogen-bond donors (Lipinski definition) is 1. The second-order valence-electron chi connectivity index (χ2n) is 9.08. The van der Waals surface area contributed by atoms with Crippen molar-refractivity contribution in [3.63, 3.8) is 0 Å². The number of ether oxygens (including phenoxy) is 2. The Morgan fingerprint density at radius 2 is 1.82 bits per heavy atom. The molecule has 9 nitrogen and oxygen atoms in total. The molecule has 1 saturated heterocycles. The molecule has 2 aromatic heterocycles. The predicted molar refractivity (Wildman–Crippen MR) is 140 cm³/mol. The van der Waals surface area contributed by atoms with Crippen molar-refractivity contribution in [3.8, 4) is 17.0 Å². The van der Waals surface area contributed by atoms with Gasteiger partial charge in [0.1, 0.15) is 11.9 Å². The topological polar surface area (TPSA) is 121 Å². The van der Waals surface area contributed by atoms with Crippen molar-refractivity contribution in [1.82, 2.24) is 14.5 Å². The van der Waals surface area contributed by atoms with E-state index in [1.165, 1.54) is 54.3 Å². The molecule has 1 aliphatic heterocycles. The lowest BCUT2D eigenvalue weighted by Crippen LogP contribution is -2.30. The number of hydrogen-bond acceptors (Lipinski definition) is 8. The highest BCUT2D eigenvalue weighted by atomic mass is 32.2. The van der Waals surface area contributed by atoms with Crippen LogP contribution in [0.25, 0.3) is 11.1 Å². The molecule has 3 heterocycles. The zero-order valence-electron chi connectivity index (χ0n) is 21.0. The normalized spacial score (nSPS) is 16.3. The van der Waals surface area contributed by atoms with Gasteiger partial charge in [0.05, 0.1) is 17.5 Å². The Kier molecular flexibility index (Phi) is 7.56. The van der Waals surface area contributed by atoms with Gasteiger partial charge < -0.3 is 14.6 Å². The lowest BCUT2D eigenvalue weighted by molar-refractivity contribution is 0.0925. The molecule has 0 aliphatic carbocycles. The fourth-order valence-electron chi connectivity index (χ4n) is 4.72. The molecular formula is C28H26FN3O6S. The van der Waals surface area contributed by atoms with E-state index < -0.39 is 44.3 Å². The molecule has 0 spiro atoms. The number of sulfone groups is 1. The van der Waals surface area contributed by atoms with Crippen LogP contribution < -0.4 is 5.56 Å². The largest absolute Gasteiger partial charge is 0.493 e. The van der Waals surface area contributed by atoms with Gasteiger partial charge in [-0.25, -0.2) is 13.4 Å². The van der Waals surface area contributed by atoms with Crippen molar-refractivity contribution in [2.45, 2.75) is 34.8 Å². The number of rotatable bonds is 8. The Bertz CT molecular complexity index is 1620. The summed E-state index contributed by atoms with van der Waals surface area (Å²) in [6.07, 6.45) is 2.03. The van der Waals surface area contributed by atoms with Gasteiger partial charge in [0.15, 0.2) is 4.90 Å². The highest BCUT2D eigenvalue weighted by Gasteiger charge is 2.35. The van der Waals surface area contributed by atoms with Crippen LogP contribution in [0.15, 0.2) is 87.5 Å². The van der Waals surface area contributed by atoms with Crippen LogP contribution in [0.4, 0.5) is 4.39 Å². The molecule has 1 N–H and O–H groups in total. The fourth-order valence-corrected chi connectivity index (χ4v) is 6.06. The summed E-state index contributed by atoms with van der Waals surface area (Å²) >= 11 is 0. The van der Waals surface area contributed by atoms with Crippen LogP contribution in [-0.2, 0) is 19.3 Å². The van der Waals surface area contributed by atoms with E-state index in [1.54, 1.807) is 0 Å². The summed E-state index contributed by atoms with van der Waals surface area (Å²) < 4.78 is 53.2. The fraction of sp³-hybridized carbons (Fsp3) is 0.250. The molecule has 39 heavy (non-hydrogen) atoms. The predicted octanol–water partition coefficient (Wildman–Crippen LogP) is 4.07. The summed E-state index contributed by atoms with van der Waals surface area (Å²) in [5.74, 6) is -1.23. The molecule has 0 saturated carbocycles. The number of aromatic nitrogens is 3. The maximum absolute atomic E-state index is 13.7. The van der Waals surface area contributed by atoms with Gasteiger partial charge in [0.25, 0.3) is 5.56 Å². The first-order chi connectivity index (χ1) is 18.8. The average Bonchev–Trinajstić information content (AvgIpc) is 3.48. The molecule has 0 radical (unpaired) electrons. The van der Waals surface area contributed by atoms with E-state index in [4.69, 9.17) is 9.47 Å². The summed E-state index contributed by atoms with van der Waals surface area (Å²) in [7, 11) is -3.01. The molecule has 0 amide bonds. The summed E-state index contributed by atoms with van der Waals surface area (Å²) in [6, 6.07) is 16.8. The van der Waals surface area contributed by atoms with Crippen LogP contribution in [0.2, 0.25) is 0 Å². The average molecular weight is 552 g/mol. The highest BCUT2D eigenvalue weighted by molar-refractivity contribution is 7.91. The molecular weight excluding hydrogens is 525 g/mol. The molecule has 1 aliphatic rings. The van der Waals surface area contributed by atoms with Crippen LogP contribution in [0, 0.1) is 5.95 Å². The van der Waals surface area contributed by atoms with Crippen LogP contribution in [0.3, 0.4) is 0 Å². The van der Waals surface area contributed by atoms with E-state index in [2.05, 4.69) is 9.97 Å².